The summed E-state index contributed by atoms with van der Waals surface area (Å²) >= 11 is 0. The first kappa shape index (κ1) is 21.2. The van der Waals surface area contributed by atoms with Crippen molar-refractivity contribution >= 4 is 28.6 Å². The number of ether oxygens (including phenoxy) is 2. The fourth-order valence-electron chi connectivity index (χ4n) is 3.19. The molecule has 0 aliphatic carbocycles. The molecule has 2 aromatic carbocycles. The number of H-pyrrole nitrogens is 1. The maximum absolute atomic E-state index is 13.3. The predicted octanol–water partition coefficient (Wildman–Crippen LogP) is 4.61. The number of halogens is 1. The van der Waals surface area contributed by atoms with Gasteiger partial charge in [-0.15, -0.1) is 0 Å². The molecule has 1 atom stereocenters. The highest BCUT2D eigenvalue weighted by Crippen LogP contribution is 2.28. The maximum atomic E-state index is 13.3. The lowest BCUT2D eigenvalue weighted by Crippen LogP contribution is -2.21. The highest BCUT2D eigenvalue weighted by molar-refractivity contribution is 6.06. The number of aromatic nitrogens is 1. The predicted molar refractivity (Wildman–Crippen MR) is 109 cm³/mol. The third-order valence-electron chi connectivity index (χ3n) is 4.70. The van der Waals surface area contributed by atoms with Gasteiger partial charge in [0.25, 0.3) is 0 Å². The lowest BCUT2D eigenvalue weighted by Gasteiger charge is -2.11. The molecule has 3 aromatic rings. The second-order valence-electron chi connectivity index (χ2n) is 7.01. The summed E-state index contributed by atoms with van der Waals surface area (Å²) in [6.07, 6.45) is -0.109. The van der Waals surface area contributed by atoms with Crippen molar-refractivity contribution in [2.45, 2.75) is 27.2 Å². The number of aromatic amines is 1. The molecule has 6 nitrogen and oxygen atoms in total. The molecule has 0 amide bonds. The van der Waals surface area contributed by atoms with Gasteiger partial charge in [-0.1, -0.05) is 19.1 Å². The molecule has 30 heavy (non-hydrogen) atoms. The smallest absolute Gasteiger partial charge is 0.340 e. The number of rotatable bonds is 7. The average molecular weight is 411 g/mol. The van der Waals surface area contributed by atoms with E-state index in [4.69, 9.17) is 9.47 Å². The van der Waals surface area contributed by atoms with Gasteiger partial charge in [-0.05, 0) is 44.2 Å². The van der Waals surface area contributed by atoms with E-state index in [1.807, 2.05) is 0 Å². The van der Waals surface area contributed by atoms with Crippen LogP contribution in [0.25, 0.3) is 10.9 Å². The van der Waals surface area contributed by atoms with E-state index in [1.165, 1.54) is 18.2 Å². The Morgan fingerprint density at radius 2 is 1.90 bits per heavy atom. The average Bonchev–Trinajstić information content (AvgIpc) is 3.03. The number of aryl methyl sites for hydroxylation is 1. The quantitative estimate of drug-likeness (QED) is 0.349. The van der Waals surface area contributed by atoms with E-state index in [0.717, 1.165) is 6.07 Å². The van der Waals surface area contributed by atoms with Crippen LogP contribution in [-0.2, 0) is 9.53 Å². The molecule has 1 aromatic heterocycles. The number of fused-ring (bicyclic) bond motifs is 1. The molecule has 0 fully saturated rings. The lowest BCUT2D eigenvalue weighted by molar-refractivity contribution is -0.138. The molecular formula is C23H22FNO5. The van der Waals surface area contributed by atoms with Crippen molar-refractivity contribution < 1.29 is 28.2 Å². The fraction of sp³-hybridized carbons (Fsp3) is 0.261. The summed E-state index contributed by atoms with van der Waals surface area (Å²) in [7, 11) is 0. The first-order valence-electron chi connectivity index (χ1n) is 9.60. The van der Waals surface area contributed by atoms with Gasteiger partial charge in [0, 0.05) is 28.6 Å². The Labute approximate surface area is 173 Å². The van der Waals surface area contributed by atoms with Crippen molar-refractivity contribution in [3.05, 3.63) is 65.1 Å². The summed E-state index contributed by atoms with van der Waals surface area (Å²) in [6, 6.07) is 10.2. The summed E-state index contributed by atoms with van der Waals surface area (Å²) in [5.41, 5.74) is 1.96. The molecule has 0 saturated heterocycles. The van der Waals surface area contributed by atoms with Gasteiger partial charge in [-0.25, -0.2) is 9.18 Å². The molecule has 156 valence electrons. The van der Waals surface area contributed by atoms with E-state index in [1.54, 1.807) is 39.0 Å². The van der Waals surface area contributed by atoms with Crippen LogP contribution in [-0.4, -0.2) is 29.3 Å². The lowest BCUT2D eigenvalue weighted by atomic mass is 10.00. The van der Waals surface area contributed by atoms with E-state index in [9.17, 15) is 18.8 Å². The highest BCUT2D eigenvalue weighted by atomic mass is 19.1. The zero-order valence-electron chi connectivity index (χ0n) is 17.0. The zero-order valence-corrected chi connectivity index (χ0v) is 17.0. The minimum Gasteiger partial charge on any atom is -0.462 e. The molecule has 1 N–H and O–H groups in total. The van der Waals surface area contributed by atoms with Crippen LogP contribution in [0.4, 0.5) is 4.39 Å². The molecule has 0 aliphatic rings. The second kappa shape index (κ2) is 8.90. The molecule has 7 heteroatoms. The first-order chi connectivity index (χ1) is 14.3. The Balaban J connectivity index is 1.75. The van der Waals surface area contributed by atoms with Crippen LogP contribution >= 0.6 is 0 Å². The molecule has 0 bridgehead atoms. The molecule has 1 unspecified atom stereocenters. The van der Waals surface area contributed by atoms with Gasteiger partial charge >= 0.3 is 11.9 Å². The van der Waals surface area contributed by atoms with Crippen molar-refractivity contribution in [2.75, 3.05) is 6.61 Å². The first-order valence-corrected chi connectivity index (χ1v) is 9.60. The number of carbonyl (C=O) groups excluding carboxylic acids is 3. The van der Waals surface area contributed by atoms with E-state index >= 15 is 0 Å². The summed E-state index contributed by atoms with van der Waals surface area (Å²) in [4.78, 5) is 40.1. The number of hydrogen-bond acceptors (Lipinski definition) is 5. The van der Waals surface area contributed by atoms with Gasteiger partial charge in [-0.2, -0.15) is 0 Å². The minimum absolute atomic E-state index is 0.109. The minimum atomic E-state index is -0.728. The van der Waals surface area contributed by atoms with Gasteiger partial charge in [0.1, 0.15) is 11.6 Å². The van der Waals surface area contributed by atoms with Crippen LogP contribution in [0.1, 0.15) is 46.7 Å². The maximum Gasteiger partial charge on any atom is 0.340 e. The van der Waals surface area contributed by atoms with Crippen molar-refractivity contribution in [2.24, 2.45) is 5.92 Å². The van der Waals surface area contributed by atoms with Crippen LogP contribution in [0.2, 0.25) is 0 Å². The molecule has 0 aliphatic heterocycles. The number of Topliss-reactive ketones (excluding diaryl/α,β-unsaturated/α-hetero) is 1. The van der Waals surface area contributed by atoms with E-state index < -0.39 is 23.7 Å². The van der Waals surface area contributed by atoms with Gasteiger partial charge in [0.2, 0.25) is 0 Å². The highest BCUT2D eigenvalue weighted by Gasteiger charge is 2.22. The van der Waals surface area contributed by atoms with Crippen LogP contribution in [0, 0.1) is 18.7 Å². The number of benzene rings is 2. The van der Waals surface area contributed by atoms with Gasteiger partial charge in [0.05, 0.1) is 18.1 Å². The van der Waals surface area contributed by atoms with Crippen molar-refractivity contribution in [3.63, 3.8) is 0 Å². The van der Waals surface area contributed by atoms with Crippen LogP contribution < -0.4 is 4.74 Å². The van der Waals surface area contributed by atoms with E-state index in [0.29, 0.717) is 22.2 Å². The summed E-state index contributed by atoms with van der Waals surface area (Å²) in [5.74, 6) is -2.39. The van der Waals surface area contributed by atoms with Crippen molar-refractivity contribution in [1.82, 2.24) is 4.98 Å². The van der Waals surface area contributed by atoms with Gasteiger partial charge < -0.3 is 14.5 Å². The van der Waals surface area contributed by atoms with Crippen LogP contribution in [0.15, 0.2) is 42.5 Å². The van der Waals surface area contributed by atoms with Crippen molar-refractivity contribution in [1.29, 1.82) is 0 Å². The SMILES string of the molecule is CCOC(=O)c1c(C)[nH]c2ccc(OC(=O)C(C)CC(=O)c3cccc(F)c3)cc12. The Hall–Kier alpha value is -3.48. The molecule has 0 spiro atoms. The summed E-state index contributed by atoms with van der Waals surface area (Å²) in [5, 5.41) is 0.583. The largest absolute Gasteiger partial charge is 0.462 e. The Morgan fingerprint density at radius 3 is 2.60 bits per heavy atom. The Morgan fingerprint density at radius 1 is 1.13 bits per heavy atom. The van der Waals surface area contributed by atoms with Crippen LogP contribution in [0.5, 0.6) is 5.75 Å². The van der Waals surface area contributed by atoms with Gasteiger partial charge in [0.15, 0.2) is 5.78 Å². The molecule has 0 saturated carbocycles. The van der Waals surface area contributed by atoms with Crippen molar-refractivity contribution in [3.8, 4) is 5.75 Å². The number of ketones is 1. The van der Waals surface area contributed by atoms with Gasteiger partial charge in [-0.3, -0.25) is 9.59 Å². The summed E-state index contributed by atoms with van der Waals surface area (Å²) in [6.45, 7) is 5.30. The fourth-order valence-corrected chi connectivity index (χ4v) is 3.19. The molecule has 1 heterocycles. The van der Waals surface area contributed by atoms with E-state index in [2.05, 4.69) is 4.98 Å². The number of carbonyl (C=O) groups is 3. The summed E-state index contributed by atoms with van der Waals surface area (Å²) < 4.78 is 23.8. The van der Waals surface area contributed by atoms with E-state index in [-0.39, 0.29) is 30.1 Å². The zero-order chi connectivity index (χ0) is 21.8. The Bertz CT molecular complexity index is 1120. The third-order valence-corrected chi connectivity index (χ3v) is 4.70. The standard InChI is InChI=1S/C23H22FNO5/c1-4-29-23(28)21-14(3)25-19-9-8-17(12-18(19)21)30-22(27)13(2)10-20(26)15-6-5-7-16(24)11-15/h5-9,11-13,25H,4,10H2,1-3H3. The number of esters is 2. The number of nitrogens with one attached hydrogen (secondary N) is 1. The number of hydrogen-bond donors (Lipinski definition) is 1. The third kappa shape index (κ3) is 4.56. The molecule has 3 rings (SSSR count). The molecular weight excluding hydrogens is 389 g/mol. The topological polar surface area (TPSA) is 85.5 Å². The van der Waals surface area contributed by atoms with Crippen LogP contribution in [0.3, 0.4) is 0 Å². The Kier molecular flexibility index (Phi) is 6.30. The second-order valence-corrected chi connectivity index (χ2v) is 7.01. The normalized spacial score (nSPS) is 11.9. The monoisotopic (exact) mass is 411 g/mol. The molecule has 0 radical (unpaired) electrons.